The molecular weight excluding hydrogens is 312 g/mol. The molecular formula is C16H28N4O2S. The first-order chi connectivity index (χ1) is 10.8. The van der Waals surface area contributed by atoms with Gasteiger partial charge in [-0.15, -0.1) is 11.3 Å². The topological polar surface area (TPSA) is 68.7 Å². The molecule has 1 saturated heterocycles. The van der Waals surface area contributed by atoms with Crippen molar-refractivity contribution in [2.75, 3.05) is 37.6 Å². The van der Waals surface area contributed by atoms with Crippen molar-refractivity contribution in [3.63, 3.8) is 0 Å². The number of aromatic nitrogens is 1. The summed E-state index contributed by atoms with van der Waals surface area (Å²) in [6.45, 7) is 11.5. The van der Waals surface area contributed by atoms with E-state index in [-0.39, 0.29) is 17.6 Å². The molecule has 0 saturated carbocycles. The molecule has 1 unspecified atom stereocenters. The zero-order chi connectivity index (χ0) is 17.0. The maximum atomic E-state index is 12.3. The minimum Gasteiger partial charge on any atom is -0.393 e. The van der Waals surface area contributed by atoms with E-state index < -0.39 is 0 Å². The molecule has 2 amide bonds. The lowest BCUT2D eigenvalue weighted by molar-refractivity contribution is 0.126. The van der Waals surface area contributed by atoms with E-state index in [0.29, 0.717) is 26.1 Å². The largest absolute Gasteiger partial charge is 0.393 e. The Kier molecular flexibility index (Phi) is 5.86. The van der Waals surface area contributed by atoms with Gasteiger partial charge in [0.15, 0.2) is 5.13 Å². The third-order valence-corrected chi connectivity index (χ3v) is 5.03. The minimum atomic E-state index is -0.354. The van der Waals surface area contributed by atoms with Crippen molar-refractivity contribution in [1.29, 1.82) is 0 Å². The Labute approximate surface area is 142 Å². The van der Waals surface area contributed by atoms with Gasteiger partial charge in [-0.1, -0.05) is 13.8 Å². The number of aryl methyl sites for hydroxylation is 1. The highest BCUT2D eigenvalue weighted by Gasteiger charge is 2.25. The first kappa shape index (κ1) is 18.0. The molecule has 7 heteroatoms. The summed E-state index contributed by atoms with van der Waals surface area (Å²) in [6.07, 6.45) is 0.317. The van der Waals surface area contributed by atoms with E-state index in [0.717, 1.165) is 23.9 Å². The molecule has 2 heterocycles. The number of hydrogen-bond donors (Lipinski definition) is 2. The number of thiazole rings is 1. The van der Waals surface area contributed by atoms with Crippen LogP contribution in [0.4, 0.5) is 9.93 Å². The van der Waals surface area contributed by atoms with Crippen LogP contribution in [-0.2, 0) is 0 Å². The number of aliphatic hydroxyl groups is 1. The van der Waals surface area contributed by atoms with Crippen LogP contribution in [0.5, 0.6) is 0 Å². The van der Waals surface area contributed by atoms with Crippen molar-refractivity contribution in [2.45, 2.75) is 40.2 Å². The Balaban J connectivity index is 1.77. The quantitative estimate of drug-likeness (QED) is 0.861. The molecule has 0 aromatic carbocycles. The van der Waals surface area contributed by atoms with Crippen LogP contribution in [0.1, 0.15) is 32.9 Å². The number of carbonyl (C=O) groups excluding carboxylic acids is 1. The molecule has 1 fully saturated rings. The third-order valence-electron chi connectivity index (χ3n) is 4.01. The Morgan fingerprint density at radius 3 is 2.61 bits per heavy atom. The fourth-order valence-corrected chi connectivity index (χ4v) is 3.74. The van der Waals surface area contributed by atoms with Crippen LogP contribution < -0.4 is 10.2 Å². The average molecular weight is 340 g/mol. The van der Waals surface area contributed by atoms with Crippen LogP contribution in [0.3, 0.4) is 0 Å². The first-order valence-electron chi connectivity index (χ1n) is 8.15. The van der Waals surface area contributed by atoms with Crippen LogP contribution >= 0.6 is 11.3 Å². The number of hydrogen-bond acceptors (Lipinski definition) is 5. The Hall–Kier alpha value is -1.34. The highest BCUT2D eigenvalue weighted by atomic mass is 32.1. The van der Waals surface area contributed by atoms with Gasteiger partial charge in [0.2, 0.25) is 0 Å². The van der Waals surface area contributed by atoms with E-state index in [2.05, 4.69) is 34.4 Å². The summed E-state index contributed by atoms with van der Waals surface area (Å²) in [4.78, 5) is 20.9. The van der Waals surface area contributed by atoms with E-state index in [1.54, 1.807) is 18.3 Å². The van der Waals surface area contributed by atoms with Gasteiger partial charge in [-0.2, -0.15) is 0 Å². The standard InChI is InChI=1S/C16H28N4O2S/c1-12-10-23-15(18-12)20-7-5-19(6-8-20)14(22)17-11-16(3,4)9-13(2)21/h10,13,21H,5-9,11H2,1-4H3,(H,17,22). The lowest BCUT2D eigenvalue weighted by Crippen LogP contribution is -2.53. The van der Waals surface area contributed by atoms with E-state index in [1.165, 1.54) is 0 Å². The van der Waals surface area contributed by atoms with Crippen LogP contribution in [0, 0.1) is 12.3 Å². The molecule has 0 spiro atoms. The summed E-state index contributed by atoms with van der Waals surface area (Å²) in [5.41, 5.74) is 0.940. The summed E-state index contributed by atoms with van der Waals surface area (Å²) >= 11 is 1.66. The van der Waals surface area contributed by atoms with E-state index in [1.807, 2.05) is 11.8 Å². The van der Waals surface area contributed by atoms with Crippen molar-refractivity contribution in [3.05, 3.63) is 11.1 Å². The first-order valence-corrected chi connectivity index (χ1v) is 9.03. The SMILES string of the molecule is Cc1csc(N2CCN(C(=O)NCC(C)(C)CC(C)O)CC2)n1. The molecule has 2 rings (SSSR count). The van der Waals surface area contributed by atoms with Gasteiger partial charge in [0, 0.05) is 38.1 Å². The van der Waals surface area contributed by atoms with Crippen molar-refractivity contribution in [1.82, 2.24) is 15.2 Å². The number of anilines is 1. The monoisotopic (exact) mass is 340 g/mol. The van der Waals surface area contributed by atoms with Crippen LogP contribution in [0.25, 0.3) is 0 Å². The van der Waals surface area contributed by atoms with Gasteiger partial charge in [0.25, 0.3) is 0 Å². The van der Waals surface area contributed by atoms with Crippen molar-refractivity contribution < 1.29 is 9.90 Å². The molecule has 2 N–H and O–H groups in total. The number of piperazine rings is 1. The van der Waals surface area contributed by atoms with Crippen molar-refractivity contribution in [2.24, 2.45) is 5.41 Å². The second-order valence-electron chi connectivity index (χ2n) is 7.12. The normalized spacial score (nSPS) is 17.3. The molecule has 6 nitrogen and oxygen atoms in total. The number of nitrogens with zero attached hydrogens (tertiary/aromatic N) is 3. The molecule has 1 aliphatic heterocycles. The van der Waals surface area contributed by atoms with E-state index >= 15 is 0 Å². The Morgan fingerprint density at radius 2 is 2.09 bits per heavy atom. The zero-order valence-electron chi connectivity index (χ0n) is 14.5. The summed E-state index contributed by atoms with van der Waals surface area (Å²) in [6, 6.07) is -0.0152. The predicted octanol–water partition coefficient (Wildman–Crippen LogP) is 2.08. The Morgan fingerprint density at radius 1 is 1.43 bits per heavy atom. The van der Waals surface area contributed by atoms with Crippen molar-refractivity contribution >= 4 is 22.5 Å². The molecule has 0 radical (unpaired) electrons. The second kappa shape index (κ2) is 7.49. The van der Waals surface area contributed by atoms with E-state index in [9.17, 15) is 9.90 Å². The number of amides is 2. The molecule has 1 atom stereocenters. The molecule has 0 aliphatic carbocycles. The fraction of sp³-hybridized carbons (Fsp3) is 0.750. The van der Waals surface area contributed by atoms with Gasteiger partial charge in [-0.3, -0.25) is 0 Å². The maximum absolute atomic E-state index is 12.3. The molecule has 130 valence electrons. The number of aliphatic hydroxyl groups excluding tert-OH is 1. The molecule has 1 aromatic rings. The number of urea groups is 1. The fourth-order valence-electron chi connectivity index (χ4n) is 2.89. The second-order valence-corrected chi connectivity index (χ2v) is 7.96. The number of carbonyl (C=O) groups is 1. The van der Waals surface area contributed by atoms with Gasteiger partial charge < -0.3 is 20.2 Å². The zero-order valence-corrected chi connectivity index (χ0v) is 15.3. The molecule has 0 bridgehead atoms. The minimum absolute atomic E-state index is 0.0152. The summed E-state index contributed by atoms with van der Waals surface area (Å²) < 4.78 is 0. The maximum Gasteiger partial charge on any atom is 0.317 e. The molecule has 1 aliphatic rings. The van der Waals surface area contributed by atoms with Crippen LogP contribution in [0.15, 0.2) is 5.38 Å². The third kappa shape index (κ3) is 5.35. The highest BCUT2D eigenvalue weighted by molar-refractivity contribution is 7.13. The Bertz CT molecular complexity index is 522. The smallest absolute Gasteiger partial charge is 0.317 e. The summed E-state index contributed by atoms with van der Waals surface area (Å²) in [5.74, 6) is 0. The average Bonchev–Trinajstić information content (AvgIpc) is 2.90. The van der Waals surface area contributed by atoms with Crippen LogP contribution in [0.2, 0.25) is 0 Å². The number of rotatable bonds is 5. The van der Waals surface area contributed by atoms with Crippen LogP contribution in [-0.4, -0.2) is 59.8 Å². The van der Waals surface area contributed by atoms with E-state index in [4.69, 9.17) is 0 Å². The lowest BCUT2D eigenvalue weighted by atomic mass is 9.87. The number of nitrogens with one attached hydrogen (secondary N) is 1. The molecule has 23 heavy (non-hydrogen) atoms. The van der Waals surface area contributed by atoms with Gasteiger partial charge >= 0.3 is 6.03 Å². The lowest BCUT2D eigenvalue weighted by Gasteiger charge is -2.35. The van der Waals surface area contributed by atoms with Gasteiger partial charge in [0.1, 0.15) is 0 Å². The van der Waals surface area contributed by atoms with Gasteiger partial charge in [-0.05, 0) is 25.7 Å². The highest BCUT2D eigenvalue weighted by Crippen LogP contribution is 2.22. The molecule has 1 aromatic heterocycles. The summed E-state index contributed by atoms with van der Waals surface area (Å²) in [5, 5.41) is 15.6. The van der Waals surface area contributed by atoms with Crippen molar-refractivity contribution in [3.8, 4) is 0 Å². The predicted molar refractivity (Wildman–Crippen MR) is 94.1 cm³/mol. The van der Waals surface area contributed by atoms with Gasteiger partial charge in [0.05, 0.1) is 11.8 Å². The summed E-state index contributed by atoms with van der Waals surface area (Å²) in [7, 11) is 0. The van der Waals surface area contributed by atoms with Gasteiger partial charge in [-0.25, -0.2) is 9.78 Å².